The van der Waals surface area contributed by atoms with Gasteiger partial charge in [0.15, 0.2) is 0 Å². The third-order valence-electron chi connectivity index (χ3n) is 4.93. The van der Waals surface area contributed by atoms with Gasteiger partial charge in [-0.1, -0.05) is 91.0 Å². The number of para-hydroxylation sites is 1. The summed E-state index contributed by atoms with van der Waals surface area (Å²) >= 11 is 0. The van der Waals surface area contributed by atoms with E-state index in [4.69, 9.17) is 4.42 Å². The number of fused-ring (bicyclic) bond motifs is 3. The molecular weight excluding hydrogens is 316 g/mol. The van der Waals surface area contributed by atoms with Gasteiger partial charge in [0, 0.05) is 17.2 Å². The largest absolute Gasteiger partial charge is 0.456 e. The summed E-state index contributed by atoms with van der Waals surface area (Å²) in [5.74, 6) is 0. The van der Waals surface area contributed by atoms with Gasteiger partial charge in [0.05, 0.1) is 0 Å². The van der Waals surface area contributed by atoms with Gasteiger partial charge in [0.1, 0.15) is 11.2 Å². The fraction of sp³-hybridized carbons (Fsp3) is 0.0400. The summed E-state index contributed by atoms with van der Waals surface area (Å²) in [6.07, 6.45) is 0.867. The van der Waals surface area contributed by atoms with Crippen LogP contribution in [0.4, 0.5) is 0 Å². The van der Waals surface area contributed by atoms with Crippen molar-refractivity contribution >= 4 is 21.9 Å². The Kier molecular flexibility index (Phi) is 3.57. The molecule has 0 N–H and O–H groups in total. The normalized spacial score (nSPS) is 11.2. The molecule has 0 unspecified atom stereocenters. The van der Waals surface area contributed by atoms with Gasteiger partial charge in [-0.3, -0.25) is 0 Å². The summed E-state index contributed by atoms with van der Waals surface area (Å²) in [6.45, 7) is 0. The molecule has 4 aromatic carbocycles. The lowest BCUT2D eigenvalue weighted by Crippen LogP contribution is -1.90. The Morgan fingerprint density at radius 2 is 1.31 bits per heavy atom. The minimum atomic E-state index is 0.867. The fourth-order valence-corrected chi connectivity index (χ4v) is 3.70. The zero-order chi connectivity index (χ0) is 17.3. The minimum absolute atomic E-state index is 0.867. The van der Waals surface area contributed by atoms with Crippen molar-refractivity contribution in [2.45, 2.75) is 6.42 Å². The van der Waals surface area contributed by atoms with Crippen molar-refractivity contribution in [3.05, 3.63) is 108 Å². The van der Waals surface area contributed by atoms with Gasteiger partial charge in [-0.25, -0.2) is 0 Å². The van der Waals surface area contributed by atoms with Crippen molar-refractivity contribution < 1.29 is 4.42 Å². The zero-order valence-electron chi connectivity index (χ0n) is 14.4. The van der Waals surface area contributed by atoms with Crippen LogP contribution in [-0.2, 0) is 6.42 Å². The van der Waals surface area contributed by atoms with Crippen LogP contribution in [0.2, 0.25) is 0 Å². The van der Waals surface area contributed by atoms with Gasteiger partial charge in [-0.05, 0) is 28.3 Å². The van der Waals surface area contributed by atoms with E-state index >= 15 is 0 Å². The first-order chi connectivity index (χ1) is 12.9. The molecule has 0 bridgehead atoms. The summed E-state index contributed by atoms with van der Waals surface area (Å²) in [5.41, 5.74) is 6.90. The molecule has 1 heterocycles. The monoisotopic (exact) mass is 334 g/mol. The van der Waals surface area contributed by atoms with Crippen molar-refractivity contribution in [2.24, 2.45) is 0 Å². The third-order valence-corrected chi connectivity index (χ3v) is 4.93. The Morgan fingerprint density at radius 1 is 0.615 bits per heavy atom. The molecule has 0 aliphatic heterocycles. The minimum Gasteiger partial charge on any atom is -0.456 e. The summed E-state index contributed by atoms with van der Waals surface area (Å²) in [4.78, 5) is 0. The van der Waals surface area contributed by atoms with E-state index in [0.29, 0.717) is 0 Å². The molecule has 0 aliphatic carbocycles. The van der Waals surface area contributed by atoms with Crippen molar-refractivity contribution in [3.63, 3.8) is 0 Å². The second-order valence-corrected chi connectivity index (χ2v) is 6.60. The quantitative estimate of drug-likeness (QED) is 0.352. The van der Waals surface area contributed by atoms with Crippen molar-refractivity contribution in [1.29, 1.82) is 0 Å². The van der Waals surface area contributed by atoms with Gasteiger partial charge in [0.25, 0.3) is 0 Å². The van der Waals surface area contributed by atoms with Crippen LogP contribution < -0.4 is 0 Å². The van der Waals surface area contributed by atoms with Crippen LogP contribution in [0.25, 0.3) is 33.1 Å². The topological polar surface area (TPSA) is 13.1 Å². The van der Waals surface area contributed by atoms with Gasteiger partial charge in [0.2, 0.25) is 0 Å². The number of hydrogen-bond acceptors (Lipinski definition) is 1. The molecule has 0 fully saturated rings. The molecule has 0 saturated heterocycles. The summed E-state index contributed by atoms with van der Waals surface area (Å²) in [7, 11) is 0. The number of benzene rings is 4. The zero-order valence-corrected chi connectivity index (χ0v) is 14.4. The lowest BCUT2D eigenvalue weighted by Gasteiger charge is -2.08. The molecule has 5 aromatic rings. The van der Waals surface area contributed by atoms with E-state index in [-0.39, 0.29) is 0 Å². The Balaban J connectivity index is 1.79. The molecule has 0 saturated carbocycles. The maximum absolute atomic E-state index is 6.32. The average molecular weight is 334 g/mol. The molecule has 0 radical (unpaired) electrons. The molecule has 1 heteroatoms. The van der Waals surface area contributed by atoms with Gasteiger partial charge in [-0.2, -0.15) is 0 Å². The molecule has 1 nitrogen and oxygen atoms in total. The summed E-state index contributed by atoms with van der Waals surface area (Å²) in [5, 5.41) is 2.39. The van der Waals surface area contributed by atoms with Crippen LogP contribution in [0.15, 0.2) is 101 Å². The first-order valence-corrected chi connectivity index (χ1v) is 8.92. The van der Waals surface area contributed by atoms with E-state index in [1.807, 2.05) is 6.07 Å². The van der Waals surface area contributed by atoms with Crippen LogP contribution in [0.5, 0.6) is 0 Å². The van der Waals surface area contributed by atoms with Crippen LogP contribution in [0.1, 0.15) is 11.1 Å². The third kappa shape index (κ3) is 2.49. The van der Waals surface area contributed by atoms with E-state index in [1.54, 1.807) is 0 Å². The molecule has 1 aromatic heterocycles. The highest BCUT2D eigenvalue weighted by molar-refractivity contribution is 6.13. The lowest BCUT2D eigenvalue weighted by atomic mass is 9.95. The highest BCUT2D eigenvalue weighted by Crippen LogP contribution is 2.38. The Bertz CT molecular complexity index is 1180. The van der Waals surface area contributed by atoms with Gasteiger partial charge in [-0.15, -0.1) is 0 Å². The van der Waals surface area contributed by atoms with Crippen molar-refractivity contribution in [2.75, 3.05) is 0 Å². The number of hydrogen-bond donors (Lipinski definition) is 0. The van der Waals surface area contributed by atoms with Gasteiger partial charge >= 0.3 is 0 Å². The van der Waals surface area contributed by atoms with Crippen molar-refractivity contribution in [3.8, 4) is 11.1 Å². The van der Waals surface area contributed by atoms with E-state index in [9.17, 15) is 0 Å². The Labute approximate surface area is 152 Å². The van der Waals surface area contributed by atoms with E-state index in [2.05, 4.69) is 91.0 Å². The molecule has 0 spiro atoms. The van der Waals surface area contributed by atoms with Crippen LogP contribution in [0.3, 0.4) is 0 Å². The summed E-state index contributed by atoms with van der Waals surface area (Å²) < 4.78 is 6.32. The van der Waals surface area contributed by atoms with Crippen LogP contribution in [0, 0.1) is 0 Å². The highest BCUT2D eigenvalue weighted by Gasteiger charge is 2.15. The van der Waals surface area contributed by atoms with E-state index in [0.717, 1.165) is 17.6 Å². The van der Waals surface area contributed by atoms with Crippen LogP contribution >= 0.6 is 0 Å². The molecule has 26 heavy (non-hydrogen) atoms. The molecule has 124 valence electrons. The molecule has 0 atom stereocenters. The highest BCUT2D eigenvalue weighted by atomic mass is 16.3. The SMILES string of the molecule is c1ccc(Cc2ccc(-c3ccccc3)c3c2oc2ccccc23)cc1. The van der Waals surface area contributed by atoms with Crippen LogP contribution in [-0.4, -0.2) is 0 Å². The maximum atomic E-state index is 6.32. The molecule has 0 amide bonds. The summed E-state index contributed by atoms with van der Waals surface area (Å²) in [6, 6.07) is 33.9. The average Bonchev–Trinajstić information content (AvgIpc) is 3.10. The second-order valence-electron chi connectivity index (χ2n) is 6.60. The number of rotatable bonds is 3. The number of furan rings is 1. The van der Waals surface area contributed by atoms with E-state index < -0.39 is 0 Å². The standard InChI is InChI=1S/C25H18O/c1-3-9-18(10-4-1)17-20-15-16-21(19-11-5-2-6-12-19)24-22-13-7-8-14-23(22)26-25(20)24/h1-16H,17H2. The fourth-order valence-electron chi connectivity index (χ4n) is 3.70. The molecule has 5 rings (SSSR count). The Hall–Kier alpha value is -3.32. The predicted octanol–water partition coefficient (Wildman–Crippen LogP) is 6.84. The van der Waals surface area contributed by atoms with Crippen molar-refractivity contribution in [1.82, 2.24) is 0 Å². The predicted molar refractivity (Wildman–Crippen MR) is 108 cm³/mol. The smallest absolute Gasteiger partial charge is 0.139 e. The molecular formula is C25H18O. The first kappa shape index (κ1) is 15.0. The maximum Gasteiger partial charge on any atom is 0.139 e. The second kappa shape index (κ2) is 6.20. The van der Waals surface area contributed by atoms with Gasteiger partial charge < -0.3 is 4.42 Å². The first-order valence-electron chi connectivity index (χ1n) is 8.92. The van der Waals surface area contributed by atoms with E-state index in [1.165, 1.54) is 33.0 Å². The Morgan fingerprint density at radius 3 is 2.12 bits per heavy atom. The lowest BCUT2D eigenvalue weighted by molar-refractivity contribution is 0.664. The molecule has 0 aliphatic rings.